The number of carbonyl (C=O) groups is 1. The Labute approximate surface area is 112 Å². The van der Waals surface area contributed by atoms with Crippen molar-refractivity contribution in [2.75, 3.05) is 32.2 Å². The Balaban J connectivity index is 2.26. The van der Waals surface area contributed by atoms with Gasteiger partial charge in [0.2, 0.25) is 5.91 Å². The standard InChI is InChI=1S/C14H19NO4/c1-9-4-10(2)12(18-3)11(5-9)15-13(17)14(6-16)7-19-8-14/h4-5,16H,6-8H2,1-3H3,(H,15,17). The smallest absolute Gasteiger partial charge is 0.237 e. The molecule has 0 spiro atoms. The molecule has 2 N–H and O–H groups in total. The molecule has 0 aliphatic carbocycles. The predicted molar refractivity (Wildman–Crippen MR) is 71.4 cm³/mol. The van der Waals surface area contributed by atoms with E-state index in [1.165, 1.54) is 0 Å². The fourth-order valence-electron chi connectivity index (χ4n) is 2.22. The average molecular weight is 265 g/mol. The Kier molecular flexibility index (Phi) is 3.78. The average Bonchev–Trinajstić information content (AvgIpc) is 2.27. The summed E-state index contributed by atoms with van der Waals surface area (Å²) in [6.07, 6.45) is 0. The van der Waals surface area contributed by atoms with Crippen LogP contribution in [0.4, 0.5) is 5.69 Å². The summed E-state index contributed by atoms with van der Waals surface area (Å²) in [5.74, 6) is 0.414. The van der Waals surface area contributed by atoms with Gasteiger partial charge >= 0.3 is 0 Å². The number of carbonyl (C=O) groups excluding carboxylic acids is 1. The number of anilines is 1. The maximum Gasteiger partial charge on any atom is 0.237 e. The molecule has 2 rings (SSSR count). The first kappa shape index (κ1) is 13.8. The summed E-state index contributed by atoms with van der Waals surface area (Å²) in [4.78, 5) is 12.2. The van der Waals surface area contributed by atoms with Crippen molar-refractivity contribution in [2.24, 2.45) is 5.41 Å². The van der Waals surface area contributed by atoms with Gasteiger partial charge in [-0.05, 0) is 31.0 Å². The molecule has 5 nitrogen and oxygen atoms in total. The second kappa shape index (κ2) is 5.19. The summed E-state index contributed by atoms with van der Waals surface area (Å²) in [5.41, 5.74) is 1.81. The fourth-order valence-corrected chi connectivity index (χ4v) is 2.22. The molecule has 1 amide bonds. The largest absolute Gasteiger partial charge is 0.494 e. The number of nitrogens with one attached hydrogen (secondary N) is 1. The minimum absolute atomic E-state index is 0.216. The molecule has 0 atom stereocenters. The van der Waals surface area contributed by atoms with Crippen molar-refractivity contribution in [2.45, 2.75) is 13.8 Å². The lowest BCUT2D eigenvalue weighted by molar-refractivity contribution is -0.164. The van der Waals surface area contributed by atoms with Gasteiger partial charge < -0.3 is 19.9 Å². The second-order valence-electron chi connectivity index (χ2n) is 5.05. The molecule has 0 unspecified atom stereocenters. The van der Waals surface area contributed by atoms with Crippen LogP contribution in [0.3, 0.4) is 0 Å². The molecule has 104 valence electrons. The molecular formula is C14H19NO4. The molecule has 1 aliphatic rings. The summed E-state index contributed by atoms with van der Waals surface area (Å²) in [6, 6.07) is 3.84. The van der Waals surface area contributed by atoms with Crippen LogP contribution < -0.4 is 10.1 Å². The van der Waals surface area contributed by atoms with E-state index >= 15 is 0 Å². The van der Waals surface area contributed by atoms with Crippen LogP contribution in [0.1, 0.15) is 11.1 Å². The summed E-state index contributed by atoms with van der Waals surface area (Å²) in [5, 5.41) is 12.2. The third-order valence-electron chi connectivity index (χ3n) is 3.41. The highest BCUT2D eigenvalue weighted by Gasteiger charge is 2.45. The molecule has 1 heterocycles. The Hall–Kier alpha value is -1.59. The number of rotatable bonds is 4. The number of aryl methyl sites for hydroxylation is 2. The molecule has 0 bridgehead atoms. The lowest BCUT2D eigenvalue weighted by Crippen LogP contribution is -2.54. The Morgan fingerprint density at radius 2 is 2.16 bits per heavy atom. The van der Waals surface area contributed by atoms with Gasteiger partial charge in [0.05, 0.1) is 32.6 Å². The molecule has 0 radical (unpaired) electrons. The van der Waals surface area contributed by atoms with E-state index < -0.39 is 5.41 Å². The maximum atomic E-state index is 12.2. The topological polar surface area (TPSA) is 67.8 Å². The van der Waals surface area contributed by atoms with E-state index in [4.69, 9.17) is 9.47 Å². The SMILES string of the molecule is COc1c(C)cc(C)cc1NC(=O)C1(CO)COC1. The third-order valence-corrected chi connectivity index (χ3v) is 3.41. The van der Waals surface area contributed by atoms with E-state index in [2.05, 4.69) is 5.32 Å². The number of hydrogen-bond acceptors (Lipinski definition) is 4. The molecule has 1 fully saturated rings. The third kappa shape index (κ3) is 2.43. The number of aliphatic hydroxyl groups excluding tert-OH is 1. The second-order valence-corrected chi connectivity index (χ2v) is 5.05. The lowest BCUT2D eigenvalue weighted by atomic mass is 9.86. The summed E-state index contributed by atoms with van der Waals surface area (Å²) >= 11 is 0. The van der Waals surface area contributed by atoms with Gasteiger partial charge in [-0.25, -0.2) is 0 Å². The van der Waals surface area contributed by atoms with Crippen LogP contribution in [0.5, 0.6) is 5.75 Å². The fraction of sp³-hybridized carbons (Fsp3) is 0.500. The molecule has 5 heteroatoms. The van der Waals surface area contributed by atoms with Gasteiger partial charge in [-0.3, -0.25) is 4.79 Å². The predicted octanol–water partition coefficient (Wildman–Crippen LogP) is 1.26. The van der Waals surface area contributed by atoms with Gasteiger partial charge in [0.15, 0.2) is 0 Å². The number of methoxy groups -OCH3 is 1. The molecule has 1 aromatic carbocycles. The van der Waals surface area contributed by atoms with Crippen molar-refractivity contribution in [3.8, 4) is 5.75 Å². The zero-order valence-electron chi connectivity index (χ0n) is 11.4. The monoisotopic (exact) mass is 265 g/mol. The van der Waals surface area contributed by atoms with E-state index in [9.17, 15) is 9.90 Å². The van der Waals surface area contributed by atoms with Crippen molar-refractivity contribution in [3.05, 3.63) is 23.3 Å². The molecular weight excluding hydrogens is 246 g/mol. The van der Waals surface area contributed by atoms with E-state index in [0.717, 1.165) is 11.1 Å². The number of aliphatic hydroxyl groups is 1. The molecule has 1 saturated heterocycles. The Bertz CT molecular complexity index is 489. The summed E-state index contributed by atoms with van der Waals surface area (Å²) in [7, 11) is 1.57. The van der Waals surface area contributed by atoms with Crippen molar-refractivity contribution >= 4 is 11.6 Å². The number of amides is 1. The van der Waals surface area contributed by atoms with Crippen molar-refractivity contribution < 1.29 is 19.4 Å². The van der Waals surface area contributed by atoms with Gasteiger partial charge in [-0.1, -0.05) is 6.07 Å². The van der Waals surface area contributed by atoms with E-state index in [-0.39, 0.29) is 25.7 Å². The van der Waals surface area contributed by atoms with Gasteiger partial charge in [0.25, 0.3) is 0 Å². The highest BCUT2D eigenvalue weighted by atomic mass is 16.5. The molecule has 0 saturated carbocycles. The van der Waals surface area contributed by atoms with Crippen LogP contribution in [0.15, 0.2) is 12.1 Å². The summed E-state index contributed by atoms with van der Waals surface area (Å²) in [6.45, 7) is 4.17. The molecule has 19 heavy (non-hydrogen) atoms. The molecule has 1 aliphatic heterocycles. The zero-order valence-corrected chi connectivity index (χ0v) is 11.4. The normalized spacial score (nSPS) is 16.6. The van der Waals surface area contributed by atoms with Crippen LogP contribution >= 0.6 is 0 Å². The number of hydrogen-bond donors (Lipinski definition) is 2. The van der Waals surface area contributed by atoms with Gasteiger partial charge in [0.1, 0.15) is 11.2 Å². The quantitative estimate of drug-likeness (QED) is 0.860. The summed E-state index contributed by atoms with van der Waals surface area (Å²) < 4.78 is 10.4. The van der Waals surface area contributed by atoms with Crippen LogP contribution in [0, 0.1) is 19.3 Å². The van der Waals surface area contributed by atoms with Gasteiger partial charge in [-0.15, -0.1) is 0 Å². The van der Waals surface area contributed by atoms with E-state index in [0.29, 0.717) is 11.4 Å². The maximum absolute atomic E-state index is 12.2. The van der Waals surface area contributed by atoms with Crippen LogP contribution in [-0.4, -0.2) is 37.9 Å². The van der Waals surface area contributed by atoms with Crippen molar-refractivity contribution in [1.29, 1.82) is 0 Å². The Morgan fingerprint density at radius 3 is 2.63 bits per heavy atom. The minimum Gasteiger partial charge on any atom is -0.494 e. The molecule has 0 aromatic heterocycles. The van der Waals surface area contributed by atoms with Crippen molar-refractivity contribution in [3.63, 3.8) is 0 Å². The first-order valence-corrected chi connectivity index (χ1v) is 6.18. The highest BCUT2D eigenvalue weighted by Crippen LogP contribution is 2.33. The zero-order chi connectivity index (χ0) is 14.0. The van der Waals surface area contributed by atoms with Gasteiger partial charge in [-0.2, -0.15) is 0 Å². The Morgan fingerprint density at radius 1 is 1.47 bits per heavy atom. The number of ether oxygens (including phenoxy) is 2. The van der Waals surface area contributed by atoms with Crippen LogP contribution in [0.2, 0.25) is 0 Å². The highest BCUT2D eigenvalue weighted by molar-refractivity contribution is 5.97. The number of benzene rings is 1. The van der Waals surface area contributed by atoms with Crippen LogP contribution in [0.25, 0.3) is 0 Å². The molecule has 1 aromatic rings. The first-order valence-electron chi connectivity index (χ1n) is 6.18. The first-order chi connectivity index (χ1) is 9.02. The van der Waals surface area contributed by atoms with Gasteiger partial charge in [0, 0.05) is 0 Å². The van der Waals surface area contributed by atoms with Crippen LogP contribution in [-0.2, 0) is 9.53 Å². The van der Waals surface area contributed by atoms with E-state index in [1.807, 2.05) is 26.0 Å². The lowest BCUT2D eigenvalue weighted by Gasteiger charge is -2.38. The minimum atomic E-state index is -0.817. The van der Waals surface area contributed by atoms with Crippen molar-refractivity contribution in [1.82, 2.24) is 0 Å². The van der Waals surface area contributed by atoms with E-state index in [1.54, 1.807) is 7.11 Å².